The molecule has 31 heavy (non-hydrogen) atoms. The van der Waals surface area contributed by atoms with Gasteiger partial charge >= 0.3 is 0 Å². The first kappa shape index (κ1) is 20.7. The molecule has 2 heterocycles. The van der Waals surface area contributed by atoms with Crippen molar-refractivity contribution in [3.05, 3.63) is 90.6 Å². The van der Waals surface area contributed by atoms with Gasteiger partial charge < -0.3 is 19.0 Å². The van der Waals surface area contributed by atoms with Crippen LogP contribution < -0.4 is 10.1 Å². The molecule has 0 fully saturated rings. The molecule has 4 aromatic rings. The van der Waals surface area contributed by atoms with Gasteiger partial charge in [0.2, 0.25) is 5.91 Å². The molecule has 2 aromatic carbocycles. The lowest BCUT2D eigenvalue weighted by molar-refractivity contribution is -0.115. The van der Waals surface area contributed by atoms with Gasteiger partial charge in [-0.25, -0.2) is 0 Å². The first-order valence-electron chi connectivity index (χ1n) is 9.89. The molecule has 7 nitrogen and oxygen atoms in total. The second-order valence-electron chi connectivity index (χ2n) is 6.65. The summed E-state index contributed by atoms with van der Waals surface area (Å²) in [6.07, 6.45) is 3.26. The standard InChI is InChI=1S/C23H22N4O3S/c1-2-29-20-13-7-6-12-19(20)25-22(28)21(17-9-4-3-5-10-17)31-23-26-24-16-27(23)15-18-11-8-14-30-18/h3-14,16,21H,2,15H2,1H3,(H,25,28). The van der Waals surface area contributed by atoms with E-state index in [0.717, 1.165) is 11.3 Å². The lowest BCUT2D eigenvalue weighted by Crippen LogP contribution is -2.20. The fourth-order valence-electron chi connectivity index (χ4n) is 3.07. The number of carbonyl (C=O) groups is 1. The third kappa shape index (κ3) is 5.16. The third-order valence-corrected chi connectivity index (χ3v) is 5.74. The SMILES string of the molecule is CCOc1ccccc1NC(=O)C(Sc1nncn1Cc1ccco1)c1ccccc1. The molecule has 8 heteroatoms. The number of furan rings is 1. The van der Waals surface area contributed by atoms with Crippen LogP contribution in [0.25, 0.3) is 0 Å². The molecule has 0 spiro atoms. The van der Waals surface area contributed by atoms with Crippen LogP contribution in [0.15, 0.2) is 88.9 Å². The highest BCUT2D eigenvalue weighted by Gasteiger charge is 2.25. The number of benzene rings is 2. The zero-order chi connectivity index (χ0) is 21.5. The summed E-state index contributed by atoms with van der Waals surface area (Å²) in [4.78, 5) is 13.4. The molecule has 0 bridgehead atoms. The van der Waals surface area contributed by atoms with Crippen LogP contribution in [0.1, 0.15) is 23.5 Å². The summed E-state index contributed by atoms with van der Waals surface area (Å²) in [5, 5.41) is 11.4. The maximum absolute atomic E-state index is 13.4. The number of rotatable bonds is 9. The van der Waals surface area contributed by atoms with E-state index >= 15 is 0 Å². The number of thioether (sulfide) groups is 1. The van der Waals surface area contributed by atoms with E-state index in [1.54, 1.807) is 12.6 Å². The monoisotopic (exact) mass is 434 g/mol. The summed E-state index contributed by atoms with van der Waals surface area (Å²) in [5.41, 5.74) is 1.50. The van der Waals surface area contributed by atoms with Crippen molar-refractivity contribution in [3.63, 3.8) is 0 Å². The Kier molecular flexibility index (Phi) is 6.68. The molecule has 1 amide bonds. The summed E-state index contributed by atoms with van der Waals surface area (Å²) >= 11 is 1.34. The van der Waals surface area contributed by atoms with E-state index in [-0.39, 0.29) is 5.91 Å². The molecule has 0 saturated carbocycles. The Morgan fingerprint density at radius 1 is 1.13 bits per heavy atom. The molecule has 0 saturated heterocycles. The number of hydrogen-bond donors (Lipinski definition) is 1. The number of aromatic nitrogens is 3. The summed E-state index contributed by atoms with van der Waals surface area (Å²) < 4.78 is 12.9. The Morgan fingerprint density at radius 3 is 2.71 bits per heavy atom. The van der Waals surface area contributed by atoms with Crippen LogP contribution in [0.4, 0.5) is 5.69 Å². The van der Waals surface area contributed by atoms with E-state index in [9.17, 15) is 4.79 Å². The Labute approximate surface area is 184 Å². The molecule has 4 rings (SSSR count). The summed E-state index contributed by atoms with van der Waals surface area (Å²) in [7, 11) is 0. The van der Waals surface area contributed by atoms with Gasteiger partial charge in [-0.3, -0.25) is 4.79 Å². The van der Waals surface area contributed by atoms with Crippen molar-refractivity contribution in [3.8, 4) is 5.75 Å². The number of ether oxygens (including phenoxy) is 1. The number of hydrogen-bond acceptors (Lipinski definition) is 6. The van der Waals surface area contributed by atoms with E-state index in [0.29, 0.717) is 29.7 Å². The zero-order valence-electron chi connectivity index (χ0n) is 17.0. The predicted molar refractivity (Wildman–Crippen MR) is 119 cm³/mol. The van der Waals surface area contributed by atoms with Crippen LogP contribution in [0.5, 0.6) is 5.75 Å². The highest BCUT2D eigenvalue weighted by molar-refractivity contribution is 8.00. The predicted octanol–water partition coefficient (Wildman–Crippen LogP) is 4.79. The van der Waals surface area contributed by atoms with Crippen LogP contribution in [0.2, 0.25) is 0 Å². The highest BCUT2D eigenvalue weighted by Crippen LogP contribution is 2.36. The van der Waals surface area contributed by atoms with Crippen molar-refractivity contribution >= 4 is 23.4 Å². The van der Waals surface area contributed by atoms with E-state index < -0.39 is 5.25 Å². The molecule has 158 valence electrons. The number of nitrogens with one attached hydrogen (secondary N) is 1. The number of nitrogens with zero attached hydrogens (tertiary/aromatic N) is 3. The lowest BCUT2D eigenvalue weighted by atomic mass is 10.1. The number of para-hydroxylation sites is 2. The van der Waals surface area contributed by atoms with Crippen LogP contribution in [-0.2, 0) is 11.3 Å². The van der Waals surface area contributed by atoms with Crippen molar-refractivity contribution in [1.29, 1.82) is 0 Å². The van der Waals surface area contributed by atoms with Crippen molar-refractivity contribution in [2.45, 2.75) is 23.9 Å². The second-order valence-corrected chi connectivity index (χ2v) is 7.72. The first-order chi connectivity index (χ1) is 15.2. The largest absolute Gasteiger partial charge is 0.492 e. The molecule has 1 N–H and O–H groups in total. The quantitative estimate of drug-likeness (QED) is 0.382. The second kappa shape index (κ2) is 9.99. The van der Waals surface area contributed by atoms with Crippen molar-refractivity contribution in [2.75, 3.05) is 11.9 Å². The number of carbonyl (C=O) groups excluding carboxylic acids is 1. The van der Waals surface area contributed by atoms with E-state index in [1.165, 1.54) is 11.8 Å². The van der Waals surface area contributed by atoms with Crippen molar-refractivity contribution in [1.82, 2.24) is 14.8 Å². The minimum absolute atomic E-state index is 0.170. The molecule has 0 radical (unpaired) electrons. The summed E-state index contributed by atoms with van der Waals surface area (Å²) in [5.74, 6) is 1.25. The Morgan fingerprint density at radius 2 is 1.94 bits per heavy atom. The summed E-state index contributed by atoms with van der Waals surface area (Å²) in [6.45, 7) is 2.91. The first-order valence-corrected chi connectivity index (χ1v) is 10.8. The van der Waals surface area contributed by atoms with E-state index in [1.807, 2.05) is 78.2 Å². The van der Waals surface area contributed by atoms with Crippen molar-refractivity contribution < 1.29 is 13.9 Å². The maximum Gasteiger partial charge on any atom is 0.242 e. The topological polar surface area (TPSA) is 82.2 Å². The van der Waals surface area contributed by atoms with Gasteiger partial charge in [-0.1, -0.05) is 54.2 Å². The van der Waals surface area contributed by atoms with E-state index in [2.05, 4.69) is 15.5 Å². The minimum Gasteiger partial charge on any atom is -0.492 e. The average Bonchev–Trinajstić information content (AvgIpc) is 3.46. The zero-order valence-corrected chi connectivity index (χ0v) is 17.8. The van der Waals surface area contributed by atoms with Crippen LogP contribution >= 0.6 is 11.8 Å². The third-order valence-electron chi connectivity index (χ3n) is 4.49. The van der Waals surface area contributed by atoms with Crippen molar-refractivity contribution in [2.24, 2.45) is 0 Å². The Bertz CT molecular complexity index is 1110. The molecule has 0 aliphatic carbocycles. The average molecular weight is 435 g/mol. The highest BCUT2D eigenvalue weighted by atomic mass is 32.2. The smallest absolute Gasteiger partial charge is 0.242 e. The summed E-state index contributed by atoms with van der Waals surface area (Å²) in [6, 6.07) is 20.7. The van der Waals surface area contributed by atoms with Crippen LogP contribution in [0.3, 0.4) is 0 Å². The molecular weight excluding hydrogens is 412 g/mol. The van der Waals surface area contributed by atoms with Gasteiger partial charge in [0.25, 0.3) is 0 Å². The van der Waals surface area contributed by atoms with Gasteiger partial charge in [-0.2, -0.15) is 0 Å². The minimum atomic E-state index is -0.532. The van der Waals surface area contributed by atoms with Gasteiger partial charge in [0.05, 0.1) is 25.1 Å². The Balaban J connectivity index is 1.59. The fraction of sp³-hybridized carbons (Fsp3) is 0.174. The molecular formula is C23H22N4O3S. The number of anilines is 1. The van der Waals surface area contributed by atoms with Gasteiger partial charge in [0, 0.05) is 0 Å². The molecule has 1 unspecified atom stereocenters. The Hall–Kier alpha value is -3.52. The molecule has 0 aliphatic heterocycles. The molecule has 1 atom stereocenters. The van der Waals surface area contributed by atoms with Crippen LogP contribution in [0, 0.1) is 0 Å². The van der Waals surface area contributed by atoms with Gasteiger partial charge in [0.15, 0.2) is 5.16 Å². The molecule has 2 aromatic heterocycles. The molecule has 0 aliphatic rings. The maximum atomic E-state index is 13.4. The van der Waals surface area contributed by atoms with Crippen LogP contribution in [-0.4, -0.2) is 27.3 Å². The number of amides is 1. The fourth-order valence-corrected chi connectivity index (χ4v) is 4.08. The van der Waals surface area contributed by atoms with Gasteiger partial charge in [-0.15, -0.1) is 10.2 Å². The normalized spacial score (nSPS) is 11.8. The van der Waals surface area contributed by atoms with Gasteiger partial charge in [0.1, 0.15) is 23.1 Å². The lowest BCUT2D eigenvalue weighted by Gasteiger charge is -2.18. The van der Waals surface area contributed by atoms with E-state index in [4.69, 9.17) is 9.15 Å². The van der Waals surface area contributed by atoms with Gasteiger partial charge in [-0.05, 0) is 36.8 Å².